The van der Waals surface area contributed by atoms with Crippen LogP contribution in [0.5, 0.6) is 0 Å². The number of carbonyl (C=O) groups excluding carboxylic acids is 1. The van der Waals surface area contributed by atoms with Crippen LogP contribution in [-0.2, 0) is 17.7 Å². The van der Waals surface area contributed by atoms with Gasteiger partial charge >= 0.3 is 6.09 Å². The van der Waals surface area contributed by atoms with E-state index in [1.54, 1.807) is 4.90 Å². The van der Waals surface area contributed by atoms with E-state index in [0.717, 1.165) is 24.2 Å². The van der Waals surface area contributed by atoms with E-state index in [1.807, 2.05) is 33.9 Å². The predicted octanol–water partition coefficient (Wildman–Crippen LogP) is 2.70. The first-order valence-corrected chi connectivity index (χ1v) is 6.68. The zero-order valence-electron chi connectivity index (χ0n) is 12.1. The zero-order valence-corrected chi connectivity index (χ0v) is 12.1. The molecular formula is C15H22N2O2. The third kappa shape index (κ3) is 3.07. The number of ether oxygens (including phenoxy) is 1. The van der Waals surface area contributed by atoms with Crippen LogP contribution in [0.25, 0.3) is 0 Å². The van der Waals surface area contributed by atoms with Crippen molar-refractivity contribution in [1.82, 2.24) is 5.32 Å². The van der Waals surface area contributed by atoms with Gasteiger partial charge in [-0.3, -0.25) is 4.90 Å². The topological polar surface area (TPSA) is 41.6 Å². The highest BCUT2D eigenvalue weighted by Crippen LogP contribution is 2.32. The molecule has 1 aromatic carbocycles. The number of nitrogens with zero attached hydrogens (tertiary/aromatic N) is 1. The molecule has 19 heavy (non-hydrogen) atoms. The van der Waals surface area contributed by atoms with Crippen molar-refractivity contribution in [3.05, 3.63) is 29.3 Å². The number of hydrogen-bond donors (Lipinski definition) is 1. The molecular weight excluding hydrogens is 240 g/mol. The molecule has 0 spiro atoms. The van der Waals surface area contributed by atoms with Gasteiger partial charge < -0.3 is 10.1 Å². The summed E-state index contributed by atoms with van der Waals surface area (Å²) in [6.07, 6.45) is 0.640. The lowest BCUT2D eigenvalue weighted by atomic mass is 10.1. The van der Waals surface area contributed by atoms with E-state index in [9.17, 15) is 4.79 Å². The monoisotopic (exact) mass is 262 g/mol. The Labute approximate surface area is 114 Å². The Balaban J connectivity index is 2.27. The maximum atomic E-state index is 12.3. The minimum absolute atomic E-state index is 0.255. The number of hydrogen-bond acceptors (Lipinski definition) is 3. The van der Waals surface area contributed by atoms with E-state index in [0.29, 0.717) is 6.54 Å². The molecule has 1 amide bonds. The van der Waals surface area contributed by atoms with E-state index >= 15 is 0 Å². The van der Waals surface area contributed by atoms with E-state index < -0.39 is 5.60 Å². The van der Waals surface area contributed by atoms with Crippen LogP contribution in [0, 0.1) is 0 Å². The summed E-state index contributed by atoms with van der Waals surface area (Å²) in [7, 11) is 1.91. The summed E-state index contributed by atoms with van der Waals surface area (Å²) in [6.45, 7) is 7.12. The second-order valence-electron chi connectivity index (χ2n) is 5.84. The van der Waals surface area contributed by atoms with E-state index in [2.05, 4.69) is 17.4 Å². The number of carbonyl (C=O) groups is 1. The lowest BCUT2D eigenvalue weighted by Gasteiger charge is -2.26. The van der Waals surface area contributed by atoms with Crippen LogP contribution in [0.1, 0.15) is 31.9 Å². The maximum Gasteiger partial charge on any atom is 0.414 e. The molecule has 0 atom stereocenters. The normalized spacial score (nSPS) is 14.4. The molecule has 1 heterocycles. The summed E-state index contributed by atoms with van der Waals surface area (Å²) in [5.74, 6) is 0. The Hall–Kier alpha value is -1.55. The Morgan fingerprint density at radius 1 is 1.42 bits per heavy atom. The van der Waals surface area contributed by atoms with Gasteiger partial charge in [-0.2, -0.15) is 0 Å². The van der Waals surface area contributed by atoms with Crippen LogP contribution in [0.2, 0.25) is 0 Å². The molecule has 0 aliphatic carbocycles. The molecule has 1 N–H and O–H groups in total. The number of fused-ring (bicyclic) bond motifs is 1. The van der Waals surface area contributed by atoms with Crippen LogP contribution >= 0.6 is 0 Å². The average Bonchev–Trinajstić information content (AvgIpc) is 2.72. The first-order valence-electron chi connectivity index (χ1n) is 6.68. The Bertz CT molecular complexity index is 478. The number of amides is 1. The van der Waals surface area contributed by atoms with Crippen molar-refractivity contribution in [3.8, 4) is 0 Å². The van der Waals surface area contributed by atoms with Crippen LogP contribution in [0.3, 0.4) is 0 Å². The minimum Gasteiger partial charge on any atom is -0.443 e. The molecule has 2 rings (SSSR count). The van der Waals surface area contributed by atoms with Gasteiger partial charge in [0.25, 0.3) is 0 Å². The number of para-hydroxylation sites is 1. The summed E-state index contributed by atoms with van der Waals surface area (Å²) >= 11 is 0. The average molecular weight is 262 g/mol. The lowest BCUT2D eigenvalue weighted by Crippen LogP contribution is -2.36. The van der Waals surface area contributed by atoms with E-state index in [1.165, 1.54) is 5.56 Å². The van der Waals surface area contributed by atoms with Crippen molar-refractivity contribution in [1.29, 1.82) is 0 Å². The van der Waals surface area contributed by atoms with Gasteiger partial charge in [0, 0.05) is 13.1 Å². The van der Waals surface area contributed by atoms with E-state index in [4.69, 9.17) is 4.74 Å². The molecule has 1 aliphatic rings. The SMILES string of the molecule is CNCc1cccc2c1N(C(=O)OC(C)(C)C)CC2. The first kappa shape index (κ1) is 13.9. The second-order valence-corrected chi connectivity index (χ2v) is 5.84. The molecule has 0 fully saturated rings. The van der Waals surface area contributed by atoms with Crippen molar-refractivity contribution < 1.29 is 9.53 Å². The fourth-order valence-electron chi connectivity index (χ4n) is 2.37. The van der Waals surface area contributed by atoms with Gasteiger partial charge in [0.15, 0.2) is 0 Å². The van der Waals surface area contributed by atoms with Crippen LogP contribution < -0.4 is 10.2 Å². The quantitative estimate of drug-likeness (QED) is 0.891. The molecule has 1 aliphatic heterocycles. The summed E-state index contributed by atoms with van der Waals surface area (Å²) in [4.78, 5) is 14.0. The smallest absolute Gasteiger partial charge is 0.414 e. The number of rotatable bonds is 2. The fourth-order valence-corrected chi connectivity index (χ4v) is 2.37. The number of anilines is 1. The molecule has 0 radical (unpaired) electrons. The molecule has 1 aromatic rings. The molecule has 0 aromatic heterocycles. The first-order chi connectivity index (χ1) is 8.92. The van der Waals surface area contributed by atoms with Crippen molar-refractivity contribution in [3.63, 3.8) is 0 Å². The largest absolute Gasteiger partial charge is 0.443 e. The summed E-state index contributed by atoms with van der Waals surface area (Å²) in [5.41, 5.74) is 2.92. The third-order valence-corrected chi connectivity index (χ3v) is 3.06. The molecule has 0 unspecified atom stereocenters. The highest BCUT2D eigenvalue weighted by atomic mass is 16.6. The van der Waals surface area contributed by atoms with Gasteiger partial charge in [-0.05, 0) is 45.4 Å². The highest BCUT2D eigenvalue weighted by molar-refractivity contribution is 5.91. The molecule has 0 saturated carbocycles. The standard InChI is InChI=1S/C15H22N2O2/c1-15(2,3)19-14(18)17-9-8-11-6-5-7-12(10-16-4)13(11)17/h5-7,16H,8-10H2,1-4H3. The summed E-state index contributed by atoms with van der Waals surface area (Å²) < 4.78 is 5.48. The van der Waals surface area contributed by atoms with Crippen LogP contribution in [0.4, 0.5) is 10.5 Å². The predicted molar refractivity (Wildman–Crippen MR) is 76.5 cm³/mol. The van der Waals surface area contributed by atoms with Crippen molar-refractivity contribution >= 4 is 11.8 Å². The number of nitrogens with one attached hydrogen (secondary N) is 1. The van der Waals surface area contributed by atoms with Crippen molar-refractivity contribution in [2.45, 2.75) is 39.3 Å². The van der Waals surface area contributed by atoms with E-state index in [-0.39, 0.29) is 6.09 Å². The second kappa shape index (κ2) is 5.21. The third-order valence-electron chi connectivity index (χ3n) is 3.06. The van der Waals surface area contributed by atoms with Crippen molar-refractivity contribution in [2.75, 3.05) is 18.5 Å². The van der Waals surface area contributed by atoms with Gasteiger partial charge in [-0.15, -0.1) is 0 Å². The molecule has 0 bridgehead atoms. The summed E-state index contributed by atoms with van der Waals surface area (Å²) in [5, 5.41) is 3.14. The molecule has 104 valence electrons. The Morgan fingerprint density at radius 2 is 2.16 bits per heavy atom. The Kier molecular flexibility index (Phi) is 3.80. The lowest BCUT2D eigenvalue weighted by molar-refractivity contribution is 0.0583. The highest BCUT2D eigenvalue weighted by Gasteiger charge is 2.30. The number of benzene rings is 1. The van der Waals surface area contributed by atoms with Crippen molar-refractivity contribution in [2.24, 2.45) is 0 Å². The maximum absolute atomic E-state index is 12.3. The van der Waals surface area contributed by atoms with Gasteiger partial charge in [-0.25, -0.2) is 4.79 Å². The molecule has 4 heteroatoms. The van der Waals surface area contributed by atoms with Gasteiger partial charge in [-0.1, -0.05) is 18.2 Å². The zero-order chi connectivity index (χ0) is 14.0. The molecule has 4 nitrogen and oxygen atoms in total. The summed E-state index contributed by atoms with van der Waals surface area (Å²) in [6, 6.07) is 6.18. The van der Waals surface area contributed by atoms with Crippen LogP contribution in [0.15, 0.2) is 18.2 Å². The Morgan fingerprint density at radius 3 is 2.79 bits per heavy atom. The van der Waals surface area contributed by atoms with Gasteiger partial charge in [0.2, 0.25) is 0 Å². The fraction of sp³-hybridized carbons (Fsp3) is 0.533. The van der Waals surface area contributed by atoms with Gasteiger partial charge in [0.05, 0.1) is 5.69 Å². The van der Waals surface area contributed by atoms with Gasteiger partial charge in [0.1, 0.15) is 5.60 Å². The van der Waals surface area contributed by atoms with Crippen LogP contribution in [-0.4, -0.2) is 25.3 Å². The minimum atomic E-state index is -0.461. The molecule has 0 saturated heterocycles.